The van der Waals surface area contributed by atoms with Gasteiger partial charge in [-0.2, -0.15) is 11.8 Å². The number of hydrogen-bond acceptors (Lipinski definition) is 5. The van der Waals surface area contributed by atoms with Gasteiger partial charge in [-0.05, 0) is 62.8 Å². The van der Waals surface area contributed by atoms with E-state index in [0.29, 0.717) is 29.7 Å². The average molecular weight is 514 g/mol. The largest absolute Gasteiger partial charge is 0.391 e. The maximum atomic E-state index is 13.2. The zero-order valence-corrected chi connectivity index (χ0v) is 22.7. The minimum atomic E-state index is -0.962. The van der Waals surface area contributed by atoms with Gasteiger partial charge in [-0.25, -0.2) is 0 Å². The van der Waals surface area contributed by atoms with Gasteiger partial charge in [-0.15, -0.1) is 0 Å². The van der Waals surface area contributed by atoms with E-state index in [1.54, 1.807) is 23.9 Å². The van der Waals surface area contributed by atoms with E-state index in [-0.39, 0.29) is 24.1 Å². The third-order valence-corrected chi connectivity index (χ3v) is 6.22. The van der Waals surface area contributed by atoms with Crippen LogP contribution in [0.4, 0.5) is 0 Å². The molecule has 0 saturated heterocycles. The lowest BCUT2D eigenvalue weighted by molar-refractivity contribution is -0.129. The van der Waals surface area contributed by atoms with Gasteiger partial charge >= 0.3 is 0 Å². The Morgan fingerprint density at radius 2 is 1.58 bits per heavy atom. The fourth-order valence-electron chi connectivity index (χ4n) is 3.88. The van der Waals surface area contributed by atoms with E-state index in [1.807, 2.05) is 69.5 Å². The Bertz CT molecular complexity index is 1010. The molecule has 0 spiro atoms. The zero-order valence-electron chi connectivity index (χ0n) is 21.8. The number of thioether (sulfide) groups is 1. The number of benzene rings is 2. The van der Waals surface area contributed by atoms with Crippen molar-refractivity contribution in [1.29, 1.82) is 0 Å². The van der Waals surface area contributed by atoms with Crippen molar-refractivity contribution in [3.63, 3.8) is 0 Å². The highest BCUT2D eigenvalue weighted by Gasteiger charge is 2.28. The molecule has 0 unspecified atom stereocenters. The van der Waals surface area contributed by atoms with Crippen molar-refractivity contribution in [1.82, 2.24) is 16.0 Å². The van der Waals surface area contributed by atoms with E-state index in [9.17, 15) is 19.5 Å². The first-order chi connectivity index (χ1) is 17.0. The lowest BCUT2D eigenvalue weighted by Crippen LogP contribution is -2.53. The molecule has 0 aliphatic heterocycles. The molecule has 2 aromatic carbocycles. The maximum Gasteiger partial charge on any atom is 0.251 e. The third kappa shape index (κ3) is 10.0. The Hall–Kier alpha value is -2.84. The Morgan fingerprint density at radius 1 is 0.944 bits per heavy atom. The highest BCUT2D eigenvalue weighted by Crippen LogP contribution is 2.17. The number of aliphatic hydroxyl groups excluding tert-OH is 1. The zero-order chi connectivity index (χ0) is 26.7. The van der Waals surface area contributed by atoms with Crippen LogP contribution >= 0.6 is 11.8 Å². The summed E-state index contributed by atoms with van der Waals surface area (Å²) in [5, 5.41) is 20.0. The fourth-order valence-corrected chi connectivity index (χ4v) is 4.35. The van der Waals surface area contributed by atoms with E-state index in [0.717, 1.165) is 5.56 Å². The topological polar surface area (TPSA) is 108 Å². The Kier molecular flexibility index (Phi) is 11.5. The van der Waals surface area contributed by atoms with Crippen LogP contribution in [-0.4, -0.2) is 58.6 Å². The summed E-state index contributed by atoms with van der Waals surface area (Å²) in [5.41, 5.74) is 1.75. The predicted molar refractivity (Wildman–Crippen MR) is 146 cm³/mol. The molecule has 0 radical (unpaired) electrons. The lowest BCUT2D eigenvalue weighted by Gasteiger charge is -2.28. The van der Waals surface area contributed by atoms with Gasteiger partial charge < -0.3 is 21.1 Å². The van der Waals surface area contributed by atoms with Crippen LogP contribution in [0.1, 0.15) is 55.6 Å². The monoisotopic (exact) mass is 513 g/mol. The molecule has 2 aromatic rings. The summed E-state index contributed by atoms with van der Waals surface area (Å²) in [4.78, 5) is 37.7. The number of carbonyl (C=O) groups is 3. The number of rotatable bonds is 12. The SMILES string of the molecule is CSCC[C@H](NC(C)=O)C(=O)N[C@@H](Cc1ccccc1)[C@H](O)Cc1ccccc1C(=O)NC(C)(C)C. The Morgan fingerprint density at radius 3 is 2.19 bits per heavy atom. The molecule has 0 aliphatic carbocycles. The summed E-state index contributed by atoms with van der Waals surface area (Å²) in [6.45, 7) is 7.12. The second-order valence-corrected chi connectivity index (χ2v) is 11.0. The standard InChI is InChI=1S/C28H39N3O4S/c1-19(32)29-23(15-16-36-5)27(35)30-24(17-20-11-7-6-8-12-20)25(33)18-21-13-9-10-14-22(21)26(34)31-28(2,3)4/h6-14,23-25,33H,15-18H2,1-5H3,(H,29,32)(H,30,35)(H,31,34)/t23-,24-,25+/m0/s1. The van der Waals surface area contributed by atoms with Gasteiger partial charge in [0.1, 0.15) is 6.04 Å². The van der Waals surface area contributed by atoms with E-state index in [2.05, 4.69) is 16.0 Å². The van der Waals surface area contributed by atoms with Crippen LogP contribution in [0.15, 0.2) is 54.6 Å². The molecule has 0 fully saturated rings. The molecule has 0 saturated carbocycles. The molecule has 7 nitrogen and oxygen atoms in total. The van der Waals surface area contributed by atoms with Gasteiger partial charge in [0.2, 0.25) is 11.8 Å². The van der Waals surface area contributed by atoms with Crippen LogP contribution in [0.2, 0.25) is 0 Å². The van der Waals surface area contributed by atoms with Gasteiger partial charge in [0.15, 0.2) is 0 Å². The van der Waals surface area contributed by atoms with Crippen LogP contribution in [0.3, 0.4) is 0 Å². The van der Waals surface area contributed by atoms with Crippen LogP contribution in [0.25, 0.3) is 0 Å². The molecule has 2 rings (SSSR count). The second kappa shape index (κ2) is 14.0. The molecule has 36 heavy (non-hydrogen) atoms. The van der Waals surface area contributed by atoms with Crippen molar-refractivity contribution in [3.05, 3.63) is 71.3 Å². The number of nitrogens with one attached hydrogen (secondary N) is 3. The molecule has 0 aliphatic rings. The van der Waals surface area contributed by atoms with Crippen molar-refractivity contribution in [2.24, 2.45) is 0 Å². The second-order valence-electron chi connectivity index (χ2n) is 9.97. The van der Waals surface area contributed by atoms with Crippen LogP contribution in [0.5, 0.6) is 0 Å². The molecular formula is C28H39N3O4S. The highest BCUT2D eigenvalue weighted by atomic mass is 32.2. The van der Waals surface area contributed by atoms with Crippen molar-refractivity contribution < 1.29 is 19.5 Å². The molecule has 8 heteroatoms. The number of hydrogen-bond donors (Lipinski definition) is 4. The van der Waals surface area contributed by atoms with Crippen LogP contribution < -0.4 is 16.0 Å². The first-order valence-corrected chi connectivity index (χ1v) is 13.6. The first kappa shape index (κ1) is 29.4. The van der Waals surface area contributed by atoms with Crippen molar-refractivity contribution in [2.75, 3.05) is 12.0 Å². The average Bonchev–Trinajstić information content (AvgIpc) is 2.80. The first-order valence-electron chi connectivity index (χ1n) is 12.2. The summed E-state index contributed by atoms with van der Waals surface area (Å²) in [7, 11) is 0. The van der Waals surface area contributed by atoms with Gasteiger partial charge in [0.25, 0.3) is 5.91 Å². The van der Waals surface area contributed by atoms with E-state index in [1.165, 1.54) is 6.92 Å². The normalized spacial score (nSPS) is 13.8. The molecule has 4 N–H and O–H groups in total. The minimum absolute atomic E-state index is 0.182. The Labute approximate surface area is 218 Å². The minimum Gasteiger partial charge on any atom is -0.391 e. The van der Waals surface area contributed by atoms with Crippen molar-refractivity contribution >= 4 is 29.5 Å². The van der Waals surface area contributed by atoms with Crippen LogP contribution in [0, 0.1) is 0 Å². The number of amides is 3. The molecule has 0 heterocycles. The molecule has 0 aromatic heterocycles. The third-order valence-electron chi connectivity index (χ3n) is 5.57. The Balaban J connectivity index is 2.28. The van der Waals surface area contributed by atoms with Crippen LogP contribution in [-0.2, 0) is 22.4 Å². The fraction of sp³-hybridized carbons (Fsp3) is 0.464. The maximum absolute atomic E-state index is 13.2. The van der Waals surface area contributed by atoms with Gasteiger partial charge in [-0.1, -0.05) is 48.5 Å². The number of aliphatic hydroxyl groups is 1. The number of carbonyl (C=O) groups excluding carboxylic acids is 3. The van der Waals surface area contributed by atoms with Crippen molar-refractivity contribution in [3.8, 4) is 0 Å². The molecule has 0 bridgehead atoms. The molecular weight excluding hydrogens is 474 g/mol. The van der Waals surface area contributed by atoms with E-state index >= 15 is 0 Å². The predicted octanol–water partition coefficient (Wildman–Crippen LogP) is 3.10. The van der Waals surface area contributed by atoms with Gasteiger partial charge in [-0.3, -0.25) is 14.4 Å². The summed E-state index contributed by atoms with van der Waals surface area (Å²) in [6.07, 6.45) is 2.05. The van der Waals surface area contributed by atoms with E-state index < -0.39 is 23.7 Å². The molecule has 3 amide bonds. The highest BCUT2D eigenvalue weighted by molar-refractivity contribution is 7.98. The molecule has 196 valence electrons. The van der Waals surface area contributed by atoms with Crippen molar-refractivity contribution in [2.45, 2.75) is 70.7 Å². The van der Waals surface area contributed by atoms with E-state index in [4.69, 9.17) is 0 Å². The summed E-state index contributed by atoms with van der Waals surface area (Å²) < 4.78 is 0. The van der Waals surface area contributed by atoms with Gasteiger partial charge in [0, 0.05) is 24.4 Å². The smallest absolute Gasteiger partial charge is 0.251 e. The summed E-state index contributed by atoms with van der Waals surface area (Å²) in [5.74, 6) is -0.120. The molecule has 3 atom stereocenters. The van der Waals surface area contributed by atoms with Gasteiger partial charge in [0.05, 0.1) is 12.1 Å². The quantitative estimate of drug-likeness (QED) is 0.349. The summed E-state index contributed by atoms with van der Waals surface area (Å²) in [6, 6.07) is 15.5. The summed E-state index contributed by atoms with van der Waals surface area (Å²) >= 11 is 1.59. The lowest BCUT2D eigenvalue weighted by atomic mass is 9.93.